The predicted molar refractivity (Wildman–Crippen MR) is 73.2 cm³/mol. The van der Waals surface area contributed by atoms with Gasteiger partial charge in [0.05, 0.1) is 20.3 Å². The van der Waals surface area contributed by atoms with Crippen LogP contribution < -0.4 is 20.7 Å². The predicted octanol–water partition coefficient (Wildman–Crippen LogP) is 1.63. The first-order valence-corrected chi connectivity index (χ1v) is 6.56. The normalized spacial score (nSPS) is 18.1. The van der Waals surface area contributed by atoms with Gasteiger partial charge in [-0.25, -0.2) is 0 Å². The van der Waals surface area contributed by atoms with Crippen LogP contribution in [0.3, 0.4) is 0 Å². The van der Waals surface area contributed by atoms with Crippen molar-refractivity contribution in [3.8, 4) is 11.5 Å². The number of benzene rings is 1. The van der Waals surface area contributed by atoms with Crippen molar-refractivity contribution in [2.75, 3.05) is 27.4 Å². The molecule has 0 spiro atoms. The van der Waals surface area contributed by atoms with E-state index >= 15 is 0 Å². The first-order valence-electron chi connectivity index (χ1n) is 6.56. The summed E-state index contributed by atoms with van der Waals surface area (Å²) in [6.07, 6.45) is 2.01. The minimum absolute atomic E-state index is 0.0738. The molecule has 0 amide bonds. The monoisotopic (exact) mass is 266 g/mol. The molecule has 0 saturated carbocycles. The van der Waals surface area contributed by atoms with E-state index in [1.165, 1.54) is 0 Å². The van der Waals surface area contributed by atoms with E-state index in [2.05, 4.69) is 5.43 Å². The number of nitrogens with two attached hydrogens (primary N) is 1. The lowest BCUT2D eigenvalue weighted by Gasteiger charge is -2.31. The Morgan fingerprint density at radius 1 is 1.26 bits per heavy atom. The van der Waals surface area contributed by atoms with Gasteiger partial charge >= 0.3 is 0 Å². The van der Waals surface area contributed by atoms with Crippen LogP contribution in [0.25, 0.3) is 0 Å². The van der Waals surface area contributed by atoms with Crippen LogP contribution in [0.4, 0.5) is 0 Å². The third-order valence-electron chi connectivity index (χ3n) is 3.69. The van der Waals surface area contributed by atoms with E-state index in [0.29, 0.717) is 5.92 Å². The summed E-state index contributed by atoms with van der Waals surface area (Å²) in [5.41, 5.74) is 3.99. The summed E-state index contributed by atoms with van der Waals surface area (Å²) >= 11 is 0. The lowest BCUT2D eigenvalue weighted by molar-refractivity contribution is 0.0533. The Balaban J connectivity index is 2.26. The zero-order valence-electron chi connectivity index (χ0n) is 11.5. The standard InChI is InChI=1S/C14H22N2O3/c1-17-11-3-4-12(13(9-11)18-2)14(16-15)10-5-7-19-8-6-10/h3-4,9-10,14,16H,5-8,15H2,1-2H3. The van der Waals surface area contributed by atoms with E-state index in [1.807, 2.05) is 18.2 Å². The summed E-state index contributed by atoms with van der Waals surface area (Å²) in [6, 6.07) is 5.91. The molecule has 0 aliphatic carbocycles. The molecule has 5 heteroatoms. The SMILES string of the molecule is COc1ccc(C(NN)C2CCOCC2)c(OC)c1. The van der Waals surface area contributed by atoms with Crippen LogP contribution >= 0.6 is 0 Å². The quantitative estimate of drug-likeness (QED) is 0.626. The van der Waals surface area contributed by atoms with Crippen LogP contribution in [-0.4, -0.2) is 27.4 Å². The van der Waals surface area contributed by atoms with Gasteiger partial charge in [0.15, 0.2) is 0 Å². The van der Waals surface area contributed by atoms with Gasteiger partial charge in [0, 0.05) is 24.8 Å². The summed E-state index contributed by atoms with van der Waals surface area (Å²) in [7, 11) is 3.31. The summed E-state index contributed by atoms with van der Waals surface area (Å²) in [5, 5.41) is 0. The molecule has 2 rings (SSSR count). The van der Waals surface area contributed by atoms with E-state index in [-0.39, 0.29) is 6.04 Å². The summed E-state index contributed by atoms with van der Waals surface area (Å²) in [4.78, 5) is 0. The van der Waals surface area contributed by atoms with Crippen LogP contribution in [0.1, 0.15) is 24.4 Å². The van der Waals surface area contributed by atoms with E-state index in [4.69, 9.17) is 20.1 Å². The van der Waals surface area contributed by atoms with Crippen molar-refractivity contribution in [2.24, 2.45) is 11.8 Å². The third kappa shape index (κ3) is 3.18. The fraction of sp³-hybridized carbons (Fsp3) is 0.571. The molecule has 0 bridgehead atoms. The Morgan fingerprint density at radius 2 is 2.00 bits per heavy atom. The average molecular weight is 266 g/mol. The Labute approximate surface area is 114 Å². The molecule has 1 fully saturated rings. The van der Waals surface area contributed by atoms with Crippen molar-refractivity contribution >= 4 is 0 Å². The van der Waals surface area contributed by atoms with Gasteiger partial charge in [-0.2, -0.15) is 0 Å². The van der Waals surface area contributed by atoms with Crippen molar-refractivity contribution < 1.29 is 14.2 Å². The molecule has 1 saturated heterocycles. The highest BCUT2D eigenvalue weighted by atomic mass is 16.5. The molecule has 0 aromatic heterocycles. The van der Waals surface area contributed by atoms with E-state index in [9.17, 15) is 0 Å². The van der Waals surface area contributed by atoms with Crippen molar-refractivity contribution in [3.05, 3.63) is 23.8 Å². The molecule has 1 heterocycles. The summed E-state index contributed by atoms with van der Waals surface area (Å²) < 4.78 is 16.1. The molecule has 1 aliphatic rings. The second-order valence-electron chi connectivity index (χ2n) is 4.70. The summed E-state index contributed by atoms with van der Waals surface area (Å²) in [5.74, 6) is 7.79. The van der Waals surface area contributed by atoms with Gasteiger partial charge < -0.3 is 14.2 Å². The van der Waals surface area contributed by atoms with Crippen LogP contribution in [0.15, 0.2) is 18.2 Å². The highest BCUT2D eigenvalue weighted by Gasteiger charge is 2.27. The molecule has 1 atom stereocenters. The average Bonchev–Trinajstić information content (AvgIpc) is 2.49. The maximum Gasteiger partial charge on any atom is 0.127 e. The molecule has 0 radical (unpaired) electrons. The highest BCUT2D eigenvalue weighted by Crippen LogP contribution is 2.36. The zero-order valence-corrected chi connectivity index (χ0v) is 11.5. The maximum absolute atomic E-state index is 5.75. The van der Waals surface area contributed by atoms with Gasteiger partial charge in [0.2, 0.25) is 0 Å². The molecule has 19 heavy (non-hydrogen) atoms. The topological polar surface area (TPSA) is 65.7 Å². The van der Waals surface area contributed by atoms with Crippen molar-refractivity contribution in [1.29, 1.82) is 0 Å². The first-order chi connectivity index (χ1) is 9.30. The van der Waals surface area contributed by atoms with Crippen molar-refractivity contribution in [3.63, 3.8) is 0 Å². The number of methoxy groups -OCH3 is 2. The number of rotatable bonds is 5. The van der Waals surface area contributed by atoms with E-state index in [1.54, 1.807) is 14.2 Å². The van der Waals surface area contributed by atoms with Crippen LogP contribution in [0, 0.1) is 5.92 Å². The van der Waals surface area contributed by atoms with Crippen LogP contribution in [0.2, 0.25) is 0 Å². The number of hydrogen-bond donors (Lipinski definition) is 2. The molecule has 106 valence electrons. The molecular weight excluding hydrogens is 244 g/mol. The number of hydrogen-bond acceptors (Lipinski definition) is 5. The number of nitrogens with one attached hydrogen (secondary N) is 1. The zero-order chi connectivity index (χ0) is 13.7. The third-order valence-corrected chi connectivity index (χ3v) is 3.69. The van der Waals surface area contributed by atoms with Gasteiger partial charge in [-0.05, 0) is 24.8 Å². The lowest BCUT2D eigenvalue weighted by Crippen LogP contribution is -2.36. The second kappa shape index (κ2) is 6.75. The first kappa shape index (κ1) is 14.1. The van der Waals surface area contributed by atoms with Gasteiger partial charge in [0.25, 0.3) is 0 Å². The Kier molecular flexibility index (Phi) is 5.01. The van der Waals surface area contributed by atoms with E-state index in [0.717, 1.165) is 43.1 Å². The fourth-order valence-corrected chi connectivity index (χ4v) is 2.60. The smallest absolute Gasteiger partial charge is 0.127 e. The second-order valence-corrected chi connectivity index (χ2v) is 4.70. The molecule has 1 aromatic carbocycles. The molecule has 3 N–H and O–H groups in total. The Hall–Kier alpha value is -1.30. The van der Waals surface area contributed by atoms with Crippen molar-refractivity contribution in [1.82, 2.24) is 5.43 Å². The molecule has 1 aliphatic heterocycles. The van der Waals surface area contributed by atoms with Gasteiger partial charge in [-0.3, -0.25) is 11.3 Å². The van der Waals surface area contributed by atoms with Gasteiger partial charge in [-0.15, -0.1) is 0 Å². The number of ether oxygens (including phenoxy) is 3. The lowest BCUT2D eigenvalue weighted by atomic mass is 9.87. The Morgan fingerprint density at radius 3 is 2.58 bits per heavy atom. The Bertz CT molecular complexity index is 406. The highest BCUT2D eigenvalue weighted by molar-refractivity contribution is 5.42. The molecule has 1 aromatic rings. The minimum Gasteiger partial charge on any atom is -0.497 e. The fourth-order valence-electron chi connectivity index (χ4n) is 2.60. The maximum atomic E-state index is 5.75. The van der Waals surface area contributed by atoms with Crippen LogP contribution in [-0.2, 0) is 4.74 Å². The largest absolute Gasteiger partial charge is 0.497 e. The van der Waals surface area contributed by atoms with Gasteiger partial charge in [-0.1, -0.05) is 6.07 Å². The molecule has 5 nitrogen and oxygen atoms in total. The molecule has 1 unspecified atom stereocenters. The van der Waals surface area contributed by atoms with E-state index < -0.39 is 0 Å². The van der Waals surface area contributed by atoms with Crippen LogP contribution in [0.5, 0.6) is 11.5 Å². The minimum atomic E-state index is 0.0738. The van der Waals surface area contributed by atoms with Gasteiger partial charge in [0.1, 0.15) is 11.5 Å². The van der Waals surface area contributed by atoms with Crippen molar-refractivity contribution in [2.45, 2.75) is 18.9 Å². The molecular formula is C14H22N2O3. The summed E-state index contributed by atoms with van der Waals surface area (Å²) in [6.45, 7) is 1.59. The number of hydrazine groups is 1.